The Kier molecular flexibility index (Phi) is 3.16. The first-order valence-electron chi connectivity index (χ1n) is 5.17. The molecule has 14 heavy (non-hydrogen) atoms. The van der Waals surface area contributed by atoms with E-state index in [0.29, 0.717) is 6.54 Å². The Morgan fingerprint density at radius 1 is 1.57 bits per heavy atom. The Bertz CT molecular complexity index is 281. The van der Waals surface area contributed by atoms with Gasteiger partial charge in [-0.25, -0.2) is 4.98 Å². The van der Waals surface area contributed by atoms with Crippen LogP contribution in [0.25, 0.3) is 0 Å². The third-order valence-corrected chi connectivity index (χ3v) is 2.53. The van der Waals surface area contributed by atoms with E-state index in [4.69, 9.17) is 10.5 Å². The average molecular weight is 195 g/mol. The predicted molar refractivity (Wildman–Crippen MR) is 53.7 cm³/mol. The van der Waals surface area contributed by atoms with E-state index >= 15 is 0 Å². The number of hydrogen-bond acceptors (Lipinski definition) is 3. The van der Waals surface area contributed by atoms with Gasteiger partial charge in [-0.2, -0.15) is 0 Å². The quantitative estimate of drug-likeness (QED) is 0.682. The maximum atomic E-state index is 5.56. The van der Waals surface area contributed by atoms with Gasteiger partial charge in [0.05, 0.1) is 18.6 Å². The normalized spacial score (nSPS) is 16.1. The largest absolute Gasteiger partial charge is 0.379 e. The lowest BCUT2D eigenvalue weighted by Crippen LogP contribution is -2.11. The summed E-state index contributed by atoms with van der Waals surface area (Å²) in [6.45, 7) is 3.09. The van der Waals surface area contributed by atoms with Crippen LogP contribution >= 0.6 is 0 Å². The van der Waals surface area contributed by atoms with Gasteiger partial charge in [-0.3, -0.25) is 0 Å². The molecule has 0 spiro atoms. The number of ether oxygens (including phenoxy) is 1. The molecule has 1 aromatic heterocycles. The average Bonchev–Trinajstić information content (AvgIpc) is 2.91. The minimum atomic E-state index is 0.544. The molecule has 4 nitrogen and oxygen atoms in total. The van der Waals surface area contributed by atoms with E-state index < -0.39 is 0 Å². The zero-order valence-electron chi connectivity index (χ0n) is 8.35. The molecule has 1 aromatic rings. The second kappa shape index (κ2) is 4.57. The lowest BCUT2D eigenvalue weighted by molar-refractivity contribution is 0.116. The highest BCUT2D eigenvalue weighted by Crippen LogP contribution is 2.28. The summed E-state index contributed by atoms with van der Waals surface area (Å²) in [7, 11) is 0. The molecule has 0 bridgehead atoms. The maximum Gasteiger partial charge on any atom is 0.0949 e. The molecular formula is C10H17N3O. The summed E-state index contributed by atoms with van der Waals surface area (Å²) >= 11 is 0. The first kappa shape index (κ1) is 9.68. The number of hydrogen-bond donors (Lipinski definition) is 1. The van der Waals surface area contributed by atoms with Crippen molar-refractivity contribution >= 4 is 0 Å². The SMILES string of the molecule is NCc1cncn1CCOCC1CC1. The van der Waals surface area contributed by atoms with Crippen LogP contribution < -0.4 is 5.73 Å². The summed E-state index contributed by atoms with van der Waals surface area (Å²) in [6, 6.07) is 0. The van der Waals surface area contributed by atoms with Crippen LogP contribution in [0.1, 0.15) is 18.5 Å². The molecule has 0 radical (unpaired) electrons. The van der Waals surface area contributed by atoms with Crippen molar-refractivity contribution < 1.29 is 4.74 Å². The van der Waals surface area contributed by atoms with Crippen LogP contribution in [0.15, 0.2) is 12.5 Å². The van der Waals surface area contributed by atoms with E-state index in [1.54, 1.807) is 6.20 Å². The van der Waals surface area contributed by atoms with Crippen LogP contribution in [0, 0.1) is 5.92 Å². The Morgan fingerprint density at radius 2 is 2.43 bits per heavy atom. The molecule has 78 valence electrons. The molecule has 1 saturated carbocycles. The lowest BCUT2D eigenvalue weighted by Gasteiger charge is -2.06. The summed E-state index contributed by atoms with van der Waals surface area (Å²) in [4.78, 5) is 4.05. The Morgan fingerprint density at radius 3 is 3.14 bits per heavy atom. The second-order valence-electron chi connectivity index (χ2n) is 3.80. The fourth-order valence-corrected chi connectivity index (χ4v) is 1.42. The molecule has 0 atom stereocenters. The zero-order chi connectivity index (χ0) is 9.80. The van der Waals surface area contributed by atoms with Crippen LogP contribution in [0.2, 0.25) is 0 Å². The molecule has 2 rings (SSSR count). The van der Waals surface area contributed by atoms with Crippen LogP contribution in [0.4, 0.5) is 0 Å². The molecule has 1 aliphatic rings. The number of aromatic nitrogens is 2. The fourth-order valence-electron chi connectivity index (χ4n) is 1.42. The monoisotopic (exact) mass is 195 g/mol. The molecule has 4 heteroatoms. The minimum absolute atomic E-state index is 0.544. The van der Waals surface area contributed by atoms with Gasteiger partial charge in [0.25, 0.3) is 0 Å². The van der Waals surface area contributed by atoms with Crippen molar-refractivity contribution in [2.75, 3.05) is 13.2 Å². The van der Waals surface area contributed by atoms with Gasteiger partial charge in [0.1, 0.15) is 0 Å². The Hall–Kier alpha value is -0.870. The number of nitrogens with zero attached hydrogens (tertiary/aromatic N) is 2. The molecule has 0 amide bonds. The molecule has 0 aliphatic heterocycles. The fraction of sp³-hybridized carbons (Fsp3) is 0.700. The van der Waals surface area contributed by atoms with Gasteiger partial charge in [0.15, 0.2) is 0 Å². The third-order valence-electron chi connectivity index (χ3n) is 2.53. The molecule has 0 saturated heterocycles. The van der Waals surface area contributed by atoms with Crippen LogP contribution in [0.5, 0.6) is 0 Å². The van der Waals surface area contributed by atoms with Crippen molar-refractivity contribution in [3.63, 3.8) is 0 Å². The van der Waals surface area contributed by atoms with Crippen LogP contribution in [-0.4, -0.2) is 22.8 Å². The second-order valence-corrected chi connectivity index (χ2v) is 3.80. The molecule has 0 aromatic carbocycles. The van der Waals surface area contributed by atoms with Gasteiger partial charge >= 0.3 is 0 Å². The maximum absolute atomic E-state index is 5.56. The lowest BCUT2D eigenvalue weighted by atomic mass is 10.4. The van der Waals surface area contributed by atoms with Gasteiger partial charge in [0, 0.05) is 25.9 Å². The first-order valence-corrected chi connectivity index (χ1v) is 5.17. The third kappa shape index (κ3) is 2.56. The van der Waals surface area contributed by atoms with E-state index in [0.717, 1.165) is 31.4 Å². The topological polar surface area (TPSA) is 53.1 Å². The van der Waals surface area contributed by atoms with Crippen molar-refractivity contribution in [1.82, 2.24) is 9.55 Å². The molecular weight excluding hydrogens is 178 g/mol. The van der Waals surface area contributed by atoms with E-state index in [2.05, 4.69) is 4.98 Å². The van der Waals surface area contributed by atoms with Gasteiger partial charge in [-0.05, 0) is 18.8 Å². The number of imidazole rings is 1. The van der Waals surface area contributed by atoms with Crippen molar-refractivity contribution in [3.8, 4) is 0 Å². The standard InChI is InChI=1S/C10H17N3O/c11-5-10-6-12-8-13(10)3-4-14-7-9-1-2-9/h6,8-9H,1-5,7,11H2. The summed E-state index contributed by atoms with van der Waals surface area (Å²) in [6.07, 6.45) is 6.31. The Labute approximate surface area is 84.1 Å². The molecule has 2 N–H and O–H groups in total. The Balaban J connectivity index is 1.68. The highest BCUT2D eigenvalue weighted by Gasteiger charge is 2.20. The highest BCUT2D eigenvalue weighted by molar-refractivity contribution is 4.96. The zero-order valence-corrected chi connectivity index (χ0v) is 8.35. The summed E-state index contributed by atoms with van der Waals surface area (Å²) in [5, 5.41) is 0. The van der Waals surface area contributed by atoms with E-state index in [1.165, 1.54) is 12.8 Å². The summed E-state index contributed by atoms with van der Waals surface area (Å²) in [5.41, 5.74) is 6.63. The molecule has 1 fully saturated rings. The predicted octanol–water partition coefficient (Wildman–Crippen LogP) is 0.768. The van der Waals surface area contributed by atoms with E-state index in [-0.39, 0.29) is 0 Å². The highest BCUT2D eigenvalue weighted by atomic mass is 16.5. The van der Waals surface area contributed by atoms with Crippen molar-refractivity contribution in [2.45, 2.75) is 25.9 Å². The smallest absolute Gasteiger partial charge is 0.0949 e. The van der Waals surface area contributed by atoms with Crippen LogP contribution in [-0.2, 0) is 17.8 Å². The molecule has 1 heterocycles. The molecule has 0 unspecified atom stereocenters. The summed E-state index contributed by atoms with van der Waals surface area (Å²) < 4.78 is 7.59. The van der Waals surface area contributed by atoms with Gasteiger partial charge in [0.2, 0.25) is 0 Å². The van der Waals surface area contributed by atoms with Gasteiger partial charge < -0.3 is 15.0 Å². The van der Waals surface area contributed by atoms with Gasteiger partial charge in [-0.1, -0.05) is 0 Å². The van der Waals surface area contributed by atoms with Crippen molar-refractivity contribution in [1.29, 1.82) is 0 Å². The van der Waals surface area contributed by atoms with Crippen LogP contribution in [0.3, 0.4) is 0 Å². The van der Waals surface area contributed by atoms with E-state index in [1.807, 2.05) is 10.9 Å². The van der Waals surface area contributed by atoms with E-state index in [9.17, 15) is 0 Å². The summed E-state index contributed by atoms with van der Waals surface area (Å²) in [5.74, 6) is 0.840. The number of nitrogens with two attached hydrogens (primary N) is 1. The van der Waals surface area contributed by atoms with Gasteiger partial charge in [-0.15, -0.1) is 0 Å². The minimum Gasteiger partial charge on any atom is -0.379 e. The number of rotatable bonds is 6. The van der Waals surface area contributed by atoms with Crippen molar-refractivity contribution in [2.24, 2.45) is 11.7 Å². The first-order chi connectivity index (χ1) is 6.90. The molecule has 1 aliphatic carbocycles. The van der Waals surface area contributed by atoms with Crippen molar-refractivity contribution in [3.05, 3.63) is 18.2 Å².